The van der Waals surface area contributed by atoms with Crippen LogP contribution in [-0.2, 0) is 17.9 Å². The topological polar surface area (TPSA) is 103 Å². The second-order valence-corrected chi connectivity index (χ2v) is 7.20. The van der Waals surface area contributed by atoms with Crippen molar-refractivity contribution in [2.24, 2.45) is 11.7 Å². The van der Waals surface area contributed by atoms with Gasteiger partial charge in [0.05, 0.1) is 18.6 Å². The normalized spacial score (nSPS) is 15.7. The Balaban J connectivity index is 1.58. The number of rotatable bonds is 7. The highest BCUT2D eigenvalue weighted by Gasteiger charge is 2.37. The number of Topliss-reactive ketones (excluding diaryl/α,β-unsaturated/α-hetero) is 1. The standard InChI is InChI=1S/C22H23N5O3/c1-2-30-19-8-7-18-20(25-19)21(28)17(22(23)29)13-27(18)12-16-5-3-15(4-6-16)11-26-10-9-24-14-26/h3-10,14,17H,2,11-13H2,1H3,(H2,23,29). The first-order valence-electron chi connectivity index (χ1n) is 9.81. The summed E-state index contributed by atoms with van der Waals surface area (Å²) < 4.78 is 7.42. The van der Waals surface area contributed by atoms with Crippen LogP contribution in [0.4, 0.5) is 5.69 Å². The van der Waals surface area contributed by atoms with Gasteiger partial charge in [0, 0.05) is 38.1 Å². The quantitative estimate of drug-likeness (QED) is 0.603. The molecular weight excluding hydrogens is 382 g/mol. The summed E-state index contributed by atoms with van der Waals surface area (Å²) >= 11 is 0. The van der Waals surface area contributed by atoms with Crippen molar-refractivity contribution >= 4 is 17.4 Å². The molecule has 4 rings (SSSR count). The molecule has 8 heteroatoms. The van der Waals surface area contributed by atoms with Crippen LogP contribution in [0.3, 0.4) is 0 Å². The lowest BCUT2D eigenvalue weighted by molar-refractivity contribution is -0.120. The van der Waals surface area contributed by atoms with Gasteiger partial charge < -0.3 is 19.9 Å². The molecule has 0 aliphatic carbocycles. The van der Waals surface area contributed by atoms with Crippen LogP contribution in [0.2, 0.25) is 0 Å². The van der Waals surface area contributed by atoms with E-state index in [2.05, 4.69) is 22.1 Å². The zero-order valence-electron chi connectivity index (χ0n) is 16.7. The number of ketones is 1. The molecule has 0 saturated heterocycles. The third-order valence-electron chi connectivity index (χ3n) is 5.10. The molecule has 0 fully saturated rings. The molecule has 1 unspecified atom stereocenters. The fourth-order valence-electron chi connectivity index (χ4n) is 3.60. The summed E-state index contributed by atoms with van der Waals surface area (Å²) in [6, 6.07) is 11.8. The van der Waals surface area contributed by atoms with E-state index in [0.717, 1.165) is 17.7 Å². The largest absolute Gasteiger partial charge is 0.478 e. The van der Waals surface area contributed by atoms with Crippen molar-refractivity contribution in [1.29, 1.82) is 0 Å². The molecule has 8 nitrogen and oxygen atoms in total. The molecule has 0 radical (unpaired) electrons. The van der Waals surface area contributed by atoms with Crippen molar-refractivity contribution in [3.8, 4) is 5.88 Å². The van der Waals surface area contributed by atoms with Crippen LogP contribution in [0.15, 0.2) is 55.1 Å². The molecule has 1 atom stereocenters. The SMILES string of the molecule is CCOc1ccc2c(n1)C(=O)C(C(N)=O)CN2Cc1ccc(Cn2ccnc2)cc1. The van der Waals surface area contributed by atoms with E-state index in [1.807, 2.05) is 40.8 Å². The fourth-order valence-corrected chi connectivity index (χ4v) is 3.60. The molecule has 1 aromatic carbocycles. The number of pyridine rings is 1. The number of aromatic nitrogens is 3. The summed E-state index contributed by atoms with van der Waals surface area (Å²) in [7, 11) is 0. The lowest BCUT2D eigenvalue weighted by Crippen LogP contribution is -2.45. The van der Waals surface area contributed by atoms with E-state index >= 15 is 0 Å². The van der Waals surface area contributed by atoms with Crippen molar-refractivity contribution in [2.45, 2.75) is 20.0 Å². The molecule has 1 aliphatic heterocycles. The molecule has 0 bridgehead atoms. The Kier molecular flexibility index (Phi) is 5.47. The molecular formula is C22H23N5O3. The van der Waals surface area contributed by atoms with Gasteiger partial charge in [-0.25, -0.2) is 9.97 Å². The van der Waals surface area contributed by atoms with Gasteiger partial charge in [0.2, 0.25) is 11.8 Å². The van der Waals surface area contributed by atoms with Crippen LogP contribution in [0.25, 0.3) is 0 Å². The molecule has 1 amide bonds. The third kappa shape index (κ3) is 4.03. The van der Waals surface area contributed by atoms with E-state index in [-0.39, 0.29) is 18.0 Å². The number of primary amides is 1. The molecule has 1 aliphatic rings. The minimum absolute atomic E-state index is 0.229. The number of fused-ring (bicyclic) bond motifs is 1. The maximum atomic E-state index is 12.8. The number of nitrogens with two attached hydrogens (primary N) is 1. The number of imidazole rings is 1. The first-order chi connectivity index (χ1) is 14.5. The highest BCUT2D eigenvalue weighted by molar-refractivity contribution is 6.13. The highest BCUT2D eigenvalue weighted by Crippen LogP contribution is 2.31. The number of carbonyl (C=O) groups excluding carboxylic acids is 2. The minimum atomic E-state index is -0.928. The molecule has 0 saturated carbocycles. The fraction of sp³-hybridized carbons (Fsp3) is 0.273. The van der Waals surface area contributed by atoms with E-state index in [4.69, 9.17) is 10.5 Å². The lowest BCUT2D eigenvalue weighted by Gasteiger charge is -2.33. The van der Waals surface area contributed by atoms with Crippen molar-refractivity contribution in [1.82, 2.24) is 14.5 Å². The number of hydrogen-bond acceptors (Lipinski definition) is 6. The first-order valence-corrected chi connectivity index (χ1v) is 9.81. The summed E-state index contributed by atoms with van der Waals surface area (Å²) in [5.41, 5.74) is 8.63. The van der Waals surface area contributed by atoms with Gasteiger partial charge in [-0.1, -0.05) is 24.3 Å². The average Bonchev–Trinajstić information content (AvgIpc) is 3.24. The Morgan fingerprint density at radius 1 is 1.17 bits per heavy atom. The van der Waals surface area contributed by atoms with Gasteiger partial charge in [0.15, 0.2) is 5.78 Å². The number of nitrogens with zero attached hydrogens (tertiary/aromatic N) is 4. The Morgan fingerprint density at radius 3 is 2.53 bits per heavy atom. The van der Waals surface area contributed by atoms with Crippen molar-refractivity contribution < 1.29 is 14.3 Å². The zero-order chi connectivity index (χ0) is 21.1. The molecule has 30 heavy (non-hydrogen) atoms. The number of hydrogen-bond donors (Lipinski definition) is 1. The van der Waals surface area contributed by atoms with Gasteiger partial charge in [-0.3, -0.25) is 9.59 Å². The number of benzene rings is 1. The van der Waals surface area contributed by atoms with Crippen molar-refractivity contribution in [3.63, 3.8) is 0 Å². The predicted octanol–water partition coefficient (Wildman–Crippen LogP) is 2.03. The molecule has 0 spiro atoms. The van der Waals surface area contributed by atoms with Crippen LogP contribution >= 0.6 is 0 Å². The Labute approximate surface area is 174 Å². The van der Waals surface area contributed by atoms with Gasteiger partial charge in [-0.2, -0.15) is 0 Å². The van der Waals surface area contributed by atoms with E-state index < -0.39 is 11.8 Å². The Hall–Kier alpha value is -3.68. The second-order valence-electron chi connectivity index (χ2n) is 7.20. The Bertz CT molecular complexity index is 1050. The number of anilines is 1. The Morgan fingerprint density at radius 2 is 1.90 bits per heavy atom. The summed E-state index contributed by atoms with van der Waals surface area (Å²) in [5, 5.41) is 0. The number of amides is 1. The lowest BCUT2D eigenvalue weighted by atomic mass is 9.93. The molecule has 2 N–H and O–H groups in total. The van der Waals surface area contributed by atoms with Gasteiger partial charge >= 0.3 is 0 Å². The first kappa shape index (κ1) is 19.6. The van der Waals surface area contributed by atoms with Crippen molar-refractivity contribution in [2.75, 3.05) is 18.1 Å². The maximum Gasteiger partial charge on any atom is 0.230 e. The van der Waals surface area contributed by atoms with Crippen LogP contribution in [0.5, 0.6) is 5.88 Å². The molecule has 2 aromatic heterocycles. The smallest absolute Gasteiger partial charge is 0.230 e. The summed E-state index contributed by atoms with van der Waals surface area (Å²) in [4.78, 5) is 35.0. The summed E-state index contributed by atoms with van der Waals surface area (Å²) in [6.07, 6.45) is 5.45. The van der Waals surface area contributed by atoms with E-state index in [0.29, 0.717) is 24.7 Å². The van der Waals surface area contributed by atoms with E-state index in [1.54, 1.807) is 18.6 Å². The summed E-state index contributed by atoms with van der Waals surface area (Å²) in [5.74, 6) is -1.57. The predicted molar refractivity (Wildman–Crippen MR) is 111 cm³/mol. The maximum absolute atomic E-state index is 12.8. The minimum Gasteiger partial charge on any atom is -0.478 e. The van der Waals surface area contributed by atoms with E-state index in [1.165, 1.54) is 0 Å². The van der Waals surface area contributed by atoms with Crippen LogP contribution in [-0.4, -0.2) is 39.4 Å². The van der Waals surface area contributed by atoms with Gasteiger partial charge in [0.25, 0.3) is 0 Å². The zero-order valence-corrected chi connectivity index (χ0v) is 16.7. The summed E-state index contributed by atoms with van der Waals surface area (Å²) in [6.45, 7) is 3.79. The average molecular weight is 405 g/mol. The van der Waals surface area contributed by atoms with Crippen LogP contribution < -0.4 is 15.4 Å². The number of carbonyl (C=O) groups is 2. The van der Waals surface area contributed by atoms with Crippen LogP contribution in [0, 0.1) is 5.92 Å². The highest BCUT2D eigenvalue weighted by atomic mass is 16.5. The molecule has 154 valence electrons. The monoisotopic (exact) mass is 405 g/mol. The third-order valence-corrected chi connectivity index (χ3v) is 5.10. The molecule has 3 heterocycles. The van der Waals surface area contributed by atoms with E-state index in [9.17, 15) is 9.59 Å². The van der Waals surface area contributed by atoms with Gasteiger partial charge in [-0.15, -0.1) is 0 Å². The second kappa shape index (κ2) is 8.36. The van der Waals surface area contributed by atoms with Gasteiger partial charge in [0.1, 0.15) is 11.6 Å². The van der Waals surface area contributed by atoms with Gasteiger partial charge in [-0.05, 0) is 24.1 Å². The van der Waals surface area contributed by atoms with Crippen molar-refractivity contribution in [3.05, 3.63) is 71.9 Å². The molecule has 3 aromatic rings. The number of ether oxygens (including phenoxy) is 1. The van der Waals surface area contributed by atoms with Crippen LogP contribution in [0.1, 0.15) is 28.5 Å².